The van der Waals surface area contributed by atoms with Gasteiger partial charge in [0.1, 0.15) is 6.04 Å². The van der Waals surface area contributed by atoms with Gasteiger partial charge in [-0.05, 0) is 37.8 Å². The predicted molar refractivity (Wildman–Crippen MR) is 90.4 cm³/mol. The summed E-state index contributed by atoms with van der Waals surface area (Å²) >= 11 is 0. The molecule has 128 valence electrons. The molecule has 2 aliphatic heterocycles. The van der Waals surface area contributed by atoms with E-state index in [0.29, 0.717) is 12.8 Å². The number of nitrogens with one attached hydrogen (secondary N) is 1. The molecule has 3 amide bonds. The van der Waals surface area contributed by atoms with Crippen LogP contribution in [0.15, 0.2) is 30.3 Å². The lowest BCUT2D eigenvalue weighted by Gasteiger charge is -2.28. The van der Waals surface area contributed by atoms with E-state index in [-0.39, 0.29) is 24.3 Å². The fraction of sp³-hybridized carbons (Fsp3) is 0.500. The summed E-state index contributed by atoms with van der Waals surface area (Å²) in [6.45, 7) is 1.55. The largest absolute Gasteiger partial charge is 0.345 e. The average Bonchev–Trinajstić information content (AvgIpc) is 3.02. The highest BCUT2D eigenvalue weighted by atomic mass is 16.2. The topological polar surface area (TPSA) is 69.7 Å². The van der Waals surface area contributed by atoms with Gasteiger partial charge in [-0.1, -0.05) is 18.2 Å². The maximum atomic E-state index is 12.5. The van der Waals surface area contributed by atoms with Gasteiger partial charge in [0.15, 0.2) is 0 Å². The van der Waals surface area contributed by atoms with Crippen LogP contribution in [0, 0.1) is 0 Å². The van der Waals surface area contributed by atoms with Crippen molar-refractivity contribution in [2.45, 2.75) is 38.1 Å². The van der Waals surface area contributed by atoms with Gasteiger partial charge in [-0.25, -0.2) is 0 Å². The number of rotatable bonds is 4. The molecule has 2 aliphatic rings. The third-order valence-corrected chi connectivity index (χ3v) is 4.67. The number of amides is 3. The van der Waals surface area contributed by atoms with E-state index in [4.69, 9.17) is 0 Å². The Hall–Kier alpha value is -2.37. The summed E-state index contributed by atoms with van der Waals surface area (Å²) in [5.74, 6) is -0.350. The molecule has 1 atom stereocenters. The van der Waals surface area contributed by atoms with Crippen LogP contribution in [0.1, 0.15) is 32.1 Å². The highest BCUT2D eigenvalue weighted by Crippen LogP contribution is 2.26. The quantitative estimate of drug-likeness (QED) is 0.905. The zero-order valence-electron chi connectivity index (χ0n) is 13.7. The molecule has 6 heteroatoms. The van der Waals surface area contributed by atoms with E-state index >= 15 is 0 Å². The van der Waals surface area contributed by atoms with E-state index in [0.717, 1.165) is 38.0 Å². The summed E-state index contributed by atoms with van der Waals surface area (Å²) in [5, 5.41) is 2.72. The monoisotopic (exact) mass is 329 g/mol. The first-order valence-corrected chi connectivity index (χ1v) is 8.59. The SMILES string of the molecule is O=C(NCC(=O)N1CCCCC1)C1CCC(=O)N1c1ccccc1. The Bertz CT molecular complexity index is 611. The lowest BCUT2D eigenvalue weighted by molar-refractivity contribution is -0.133. The average molecular weight is 329 g/mol. The molecule has 0 aliphatic carbocycles. The minimum atomic E-state index is -0.533. The van der Waals surface area contributed by atoms with Crippen LogP contribution < -0.4 is 10.2 Å². The molecule has 0 saturated carbocycles. The van der Waals surface area contributed by atoms with Gasteiger partial charge in [-0.3, -0.25) is 19.3 Å². The number of benzene rings is 1. The minimum Gasteiger partial charge on any atom is -0.345 e. The van der Waals surface area contributed by atoms with Gasteiger partial charge in [0.05, 0.1) is 6.54 Å². The molecule has 1 N–H and O–H groups in total. The van der Waals surface area contributed by atoms with E-state index in [1.54, 1.807) is 9.80 Å². The van der Waals surface area contributed by atoms with Crippen molar-refractivity contribution in [1.82, 2.24) is 10.2 Å². The zero-order valence-corrected chi connectivity index (χ0v) is 13.7. The summed E-state index contributed by atoms with van der Waals surface area (Å²) in [7, 11) is 0. The Morgan fingerprint density at radius 3 is 2.50 bits per heavy atom. The molecule has 2 saturated heterocycles. The molecule has 24 heavy (non-hydrogen) atoms. The first-order chi connectivity index (χ1) is 11.7. The van der Waals surface area contributed by atoms with Gasteiger partial charge in [0.2, 0.25) is 17.7 Å². The van der Waals surface area contributed by atoms with E-state index in [2.05, 4.69) is 5.32 Å². The molecular weight excluding hydrogens is 306 g/mol. The molecule has 0 bridgehead atoms. The van der Waals surface area contributed by atoms with Crippen molar-refractivity contribution >= 4 is 23.4 Å². The van der Waals surface area contributed by atoms with Gasteiger partial charge in [0, 0.05) is 25.2 Å². The summed E-state index contributed by atoms with van der Waals surface area (Å²) < 4.78 is 0. The van der Waals surface area contributed by atoms with Crippen LogP contribution in [0.4, 0.5) is 5.69 Å². The fourth-order valence-electron chi connectivity index (χ4n) is 3.38. The Kier molecular flexibility index (Phi) is 5.13. The van der Waals surface area contributed by atoms with Gasteiger partial charge >= 0.3 is 0 Å². The van der Waals surface area contributed by atoms with E-state index in [1.165, 1.54) is 0 Å². The van der Waals surface area contributed by atoms with Crippen LogP contribution in [0.2, 0.25) is 0 Å². The number of para-hydroxylation sites is 1. The normalized spacial score (nSPS) is 21.0. The Morgan fingerprint density at radius 2 is 1.79 bits per heavy atom. The van der Waals surface area contributed by atoms with Crippen molar-refractivity contribution in [2.75, 3.05) is 24.5 Å². The van der Waals surface area contributed by atoms with E-state index in [1.807, 2.05) is 30.3 Å². The third-order valence-electron chi connectivity index (χ3n) is 4.67. The highest BCUT2D eigenvalue weighted by molar-refractivity contribution is 6.04. The molecule has 1 unspecified atom stereocenters. The second-order valence-electron chi connectivity index (χ2n) is 6.31. The molecule has 6 nitrogen and oxygen atoms in total. The van der Waals surface area contributed by atoms with Gasteiger partial charge in [-0.15, -0.1) is 0 Å². The van der Waals surface area contributed by atoms with Crippen molar-refractivity contribution in [2.24, 2.45) is 0 Å². The zero-order chi connectivity index (χ0) is 16.9. The molecule has 0 spiro atoms. The van der Waals surface area contributed by atoms with Crippen LogP contribution in [0.3, 0.4) is 0 Å². The molecule has 2 heterocycles. The van der Waals surface area contributed by atoms with Gasteiger partial charge in [0.25, 0.3) is 0 Å². The number of nitrogens with zero attached hydrogens (tertiary/aromatic N) is 2. The smallest absolute Gasteiger partial charge is 0.243 e. The standard InChI is InChI=1S/C18H23N3O3/c22-16-10-9-15(21(16)14-7-3-1-4-8-14)18(24)19-13-17(23)20-11-5-2-6-12-20/h1,3-4,7-8,15H,2,5-6,9-13H2,(H,19,24). The molecule has 3 rings (SSSR count). The number of hydrogen-bond donors (Lipinski definition) is 1. The summed E-state index contributed by atoms with van der Waals surface area (Å²) in [6, 6.07) is 8.67. The maximum Gasteiger partial charge on any atom is 0.243 e. The van der Waals surface area contributed by atoms with Gasteiger partial charge in [-0.2, -0.15) is 0 Å². The first kappa shape index (κ1) is 16.5. The number of hydrogen-bond acceptors (Lipinski definition) is 3. The number of piperidine rings is 1. The van der Waals surface area contributed by atoms with E-state index < -0.39 is 6.04 Å². The first-order valence-electron chi connectivity index (χ1n) is 8.59. The summed E-state index contributed by atoms with van der Waals surface area (Å²) in [6.07, 6.45) is 4.05. The van der Waals surface area contributed by atoms with Gasteiger partial charge < -0.3 is 10.2 Å². The number of anilines is 1. The minimum absolute atomic E-state index is 0.00610. The number of likely N-dealkylation sites (tertiary alicyclic amines) is 1. The predicted octanol–water partition coefficient (Wildman–Crippen LogP) is 1.31. The second-order valence-corrected chi connectivity index (χ2v) is 6.31. The van der Waals surface area contributed by atoms with Crippen molar-refractivity contribution in [1.29, 1.82) is 0 Å². The Morgan fingerprint density at radius 1 is 1.08 bits per heavy atom. The molecule has 1 aromatic rings. The molecule has 0 radical (unpaired) electrons. The number of carbonyl (C=O) groups is 3. The lowest BCUT2D eigenvalue weighted by atomic mass is 10.1. The van der Waals surface area contributed by atoms with Crippen LogP contribution in [-0.4, -0.2) is 48.3 Å². The van der Waals surface area contributed by atoms with Crippen LogP contribution >= 0.6 is 0 Å². The second kappa shape index (κ2) is 7.47. The van der Waals surface area contributed by atoms with Crippen LogP contribution in [0.25, 0.3) is 0 Å². The molecule has 1 aromatic carbocycles. The van der Waals surface area contributed by atoms with Crippen molar-refractivity contribution in [3.05, 3.63) is 30.3 Å². The van der Waals surface area contributed by atoms with Crippen molar-refractivity contribution in [3.63, 3.8) is 0 Å². The van der Waals surface area contributed by atoms with E-state index in [9.17, 15) is 14.4 Å². The van der Waals surface area contributed by atoms with Crippen molar-refractivity contribution < 1.29 is 14.4 Å². The lowest BCUT2D eigenvalue weighted by Crippen LogP contribution is -2.48. The third kappa shape index (κ3) is 3.58. The highest BCUT2D eigenvalue weighted by Gasteiger charge is 2.37. The maximum absolute atomic E-state index is 12.5. The molecule has 2 fully saturated rings. The molecular formula is C18H23N3O3. The fourth-order valence-corrected chi connectivity index (χ4v) is 3.38. The van der Waals surface area contributed by atoms with Crippen molar-refractivity contribution in [3.8, 4) is 0 Å². The van der Waals surface area contributed by atoms with Crippen LogP contribution in [-0.2, 0) is 14.4 Å². The number of carbonyl (C=O) groups excluding carboxylic acids is 3. The van der Waals surface area contributed by atoms with Crippen LogP contribution in [0.5, 0.6) is 0 Å². The Labute approximate surface area is 141 Å². The molecule has 0 aromatic heterocycles. The Balaban J connectivity index is 1.59. The summed E-state index contributed by atoms with van der Waals surface area (Å²) in [5.41, 5.74) is 0.725. The summed E-state index contributed by atoms with van der Waals surface area (Å²) in [4.78, 5) is 40.1.